The summed E-state index contributed by atoms with van der Waals surface area (Å²) < 4.78 is 0.949. The zero-order valence-electron chi connectivity index (χ0n) is 17.1. The van der Waals surface area contributed by atoms with Crippen molar-refractivity contribution < 1.29 is 14.8 Å². The highest BCUT2D eigenvalue weighted by Gasteiger charge is 2.19. The molecule has 0 atom stereocenters. The summed E-state index contributed by atoms with van der Waals surface area (Å²) in [6.07, 6.45) is 1.42. The lowest BCUT2D eigenvalue weighted by atomic mass is 10.1. The summed E-state index contributed by atoms with van der Waals surface area (Å²) in [5, 5.41) is 21.8. The van der Waals surface area contributed by atoms with Gasteiger partial charge in [-0.1, -0.05) is 36.4 Å². The van der Waals surface area contributed by atoms with Gasteiger partial charge in [-0.3, -0.25) is 14.9 Å². The standard InChI is InChI=1S/C24H19N3O4S/c1-26(18-7-3-2-4-8-18)20-12-11-16(14-21(20)27(30)31)13-17(15-23(28)29)24-25-19-9-5-6-10-22(19)32-24/h2-14H,15H2,1H3,(H,28,29)/b17-13+. The van der Waals surface area contributed by atoms with E-state index in [-0.39, 0.29) is 12.1 Å². The zero-order valence-corrected chi connectivity index (χ0v) is 18.0. The summed E-state index contributed by atoms with van der Waals surface area (Å²) >= 11 is 1.40. The van der Waals surface area contributed by atoms with Crippen LogP contribution in [0.5, 0.6) is 0 Å². The van der Waals surface area contributed by atoms with Gasteiger partial charge in [0.1, 0.15) is 10.7 Å². The smallest absolute Gasteiger partial charge is 0.307 e. The van der Waals surface area contributed by atoms with Gasteiger partial charge in [0, 0.05) is 18.8 Å². The Morgan fingerprint density at radius 1 is 1.12 bits per heavy atom. The SMILES string of the molecule is CN(c1ccccc1)c1ccc(/C=C(\CC(=O)O)c2nc3ccccc3s2)cc1[N+](=O)[O-]. The van der Waals surface area contributed by atoms with Crippen molar-refractivity contribution in [2.75, 3.05) is 11.9 Å². The van der Waals surface area contributed by atoms with Crippen molar-refractivity contribution in [3.8, 4) is 0 Å². The van der Waals surface area contributed by atoms with Crippen LogP contribution < -0.4 is 4.90 Å². The van der Waals surface area contributed by atoms with Gasteiger partial charge in [0.05, 0.1) is 21.6 Å². The van der Waals surface area contributed by atoms with Crippen molar-refractivity contribution in [1.29, 1.82) is 0 Å². The molecule has 0 radical (unpaired) electrons. The van der Waals surface area contributed by atoms with Crippen molar-refractivity contribution in [2.24, 2.45) is 0 Å². The number of benzene rings is 3. The van der Waals surface area contributed by atoms with Gasteiger partial charge in [-0.05, 0) is 47.5 Å². The Hall–Kier alpha value is -4.04. The van der Waals surface area contributed by atoms with Crippen molar-refractivity contribution in [2.45, 2.75) is 6.42 Å². The molecule has 4 rings (SSSR count). The minimum absolute atomic E-state index is 0.0657. The predicted octanol–water partition coefficient (Wildman–Crippen LogP) is 5.99. The van der Waals surface area contributed by atoms with E-state index in [1.807, 2.05) is 54.6 Å². The fourth-order valence-corrected chi connectivity index (χ4v) is 4.39. The zero-order chi connectivity index (χ0) is 22.7. The highest BCUT2D eigenvalue weighted by molar-refractivity contribution is 7.19. The fraction of sp³-hybridized carbons (Fsp3) is 0.0833. The molecule has 0 fully saturated rings. The Kier molecular flexibility index (Phi) is 5.96. The molecule has 8 heteroatoms. The molecule has 0 bridgehead atoms. The van der Waals surface area contributed by atoms with Gasteiger partial charge in [-0.15, -0.1) is 11.3 Å². The van der Waals surface area contributed by atoms with Crippen molar-refractivity contribution in [3.63, 3.8) is 0 Å². The molecule has 0 spiro atoms. The molecule has 7 nitrogen and oxygen atoms in total. The first-order valence-corrected chi connectivity index (χ1v) is 10.6. The highest BCUT2D eigenvalue weighted by atomic mass is 32.1. The molecule has 1 heterocycles. The van der Waals surface area contributed by atoms with E-state index in [1.165, 1.54) is 17.4 Å². The van der Waals surface area contributed by atoms with Crippen LogP contribution in [0.25, 0.3) is 21.9 Å². The lowest BCUT2D eigenvalue weighted by Gasteiger charge is -2.19. The number of carboxylic acid groups (broad SMARTS) is 1. The molecule has 4 aromatic rings. The van der Waals surface area contributed by atoms with Crippen LogP contribution in [-0.4, -0.2) is 28.0 Å². The number of nitro groups is 1. The number of nitro benzene ring substituents is 1. The van der Waals surface area contributed by atoms with Gasteiger partial charge in [0.25, 0.3) is 5.69 Å². The van der Waals surface area contributed by atoms with Crippen LogP contribution in [0.1, 0.15) is 17.0 Å². The third kappa shape index (κ3) is 4.50. The van der Waals surface area contributed by atoms with Crippen molar-refractivity contribution in [3.05, 3.63) is 93.5 Å². The summed E-state index contributed by atoms with van der Waals surface area (Å²) in [7, 11) is 1.77. The van der Waals surface area contributed by atoms with Crippen molar-refractivity contribution in [1.82, 2.24) is 4.98 Å². The maximum absolute atomic E-state index is 11.8. The average Bonchev–Trinajstić information content (AvgIpc) is 3.23. The minimum atomic E-state index is -0.995. The molecule has 0 amide bonds. The predicted molar refractivity (Wildman–Crippen MR) is 127 cm³/mol. The second kappa shape index (κ2) is 8.99. The summed E-state index contributed by atoms with van der Waals surface area (Å²) in [6, 6.07) is 21.8. The number of carbonyl (C=O) groups is 1. The van der Waals surface area contributed by atoms with E-state index >= 15 is 0 Å². The van der Waals surface area contributed by atoms with E-state index in [0.717, 1.165) is 15.9 Å². The molecule has 0 aliphatic carbocycles. The van der Waals surface area contributed by atoms with E-state index < -0.39 is 10.9 Å². The second-order valence-electron chi connectivity index (χ2n) is 7.13. The number of anilines is 2. The Morgan fingerprint density at radius 2 is 1.84 bits per heavy atom. The normalized spacial score (nSPS) is 11.5. The van der Waals surface area contributed by atoms with Gasteiger partial charge < -0.3 is 10.0 Å². The number of hydrogen-bond acceptors (Lipinski definition) is 6. The van der Waals surface area contributed by atoms with E-state index in [1.54, 1.807) is 30.2 Å². The first-order chi connectivity index (χ1) is 15.4. The van der Waals surface area contributed by atoms with Gasteiger partial charge in [-0.2, -0.15) is 0 Å². The summed E-state index contributed by atoms with van der Waals surface area (Å²) in [5.41, 5.74) is 3.02. The lowest BCUT2D eigenvalue weighted by molar-refractivity contribution is -0.384. The number of aliphatic carboxylic acids is 1. The van der Waals surface area contributed by atoms with Crippen LogP contribution in [-0.2, 0) is 4.79 Å². The lowest BCUT2D eigenvalue weighted by Crippen LogP contribution is -2.11. The number of para-hydroxylation sites is 2. The summed E-state index contributed by atoms with van der Waals surface area (Å²) in [5.74, 6) is -0.995. The monoisotopic (exact) mass is 445 g/mol. The van der Waals surface area contributed by atoms with Crippen LogP contribution in [0.2, 0.25) is 0 Å². The Bertz CT molecular complexity index is 1300. The number of aromatic nitrogens is 1. The molecule has 0 unspecified atom stereocenters. The molecular formula is C24H19N3O4S. The maximum atomic E-state index is 11.8. The minimum Gasteiger partial charge on any atom is -0.481 e. The first-order valence-electron chi connectivity index (χ1n) is 9.78. The molecule has 1 aromatic heterocycles. The quantitative estimate of drug-likeness (QED) is 0.277. The third-order valence-corrected chi connectivity index (χ3v) is 6.06. The van der Waals surface area contributed by atoms with Gasteiger partial charge >= 0.3 is 5.97 Å². The number of rotatable bonds is 7. The second-order valence-corrected chi connectivity index (χ2v) is 8.16. The molecule has 1 N–H and O–H groups in total. The van der Waals surface area contributed by atoms with Gasteiger partial charge in [0.2, 0.25) is 0 Å². The van der Waals surface area contributed by atoms with Crippen LogP contribution in [0.4, 0.5) is 17.1 Å². The van der Waals surface area contributed by atoms with Crippen LogP contribution in [0.3, 0.4) is 0 Å². The van der Waals surface area contributed by atoms with Crippen molar-refractivity contribution >= 4 is 56.2 Å². The van der Waals surface area contributed by atoms with Crippen LogP contribution in [0, 0.1) is 10.1 Å². The Morgan fingerprint density at radius 3 is 2.53 bits per heavy atom. The molecule has 32 heavy (non-hydrogen) atoms. The number of hydrogen-bond donors (Lipinski definition) is 1. The van der Waals surface area contributed by atoms with E-state index in [2.05, 4.69) is 4.98 Å². The van der Waals surface area contributed by atoms with Crippen LogP contribution >= 0.6 is 11.3 Å². The summed E-state index contributed by atoms with van der Waals surface area (Å²) in [6.45, 7) is 0. The summed E-state index contributed by atoms with van der Waals surface area (Å²) in [4.78, 5) is 29.2. The number of thiazole rings is 1. The van der Waals surface area contributed by atoms with Gasteiger partial charge in [-0.25, -0.2) is 4.98 Å². The number of carboxylic acids is 1. The third-order valence-electron chi connectivity index (χ3n) is 4.95. The van der Waals surface area contributed by atoms with E-state index in [4.69, 9.17) is 0 Å². The Balaban J connectivity index is 1.77. The highest BCUT2D eigenvalue weighted by Crippen LogP contribution is 2.35. The number of nitrogens with zero attached hydrogens (tertiary/aromatic N) is 3. The molecule has 3 aromatic carbocycles. The van der Waals surface area contributed by atoms with Crippen LogP contribution in [0.15, 0.2) is 72.8 Å². The maximum Gasteiger partial charge on any atom is 0.307 e. The van der Waals surface area contributed by atoms with E-state index in [9.17, 15) is 20.0 Å². The first kappa shape index (κ1) is 21.2. The fourth-order valence-electron chi connectivity index (χ4n) is 3.41. The molecule has 0 aliphatic heterocycles. The van der Waals surface area contributed by atoms with Gasteiger partial charge in [0.15, 0.2) is 0 Å². The topological polar surface area (TPSA) is 96.6 Å². The Labute approximate surface area is 188 Å². The average molecular weight is 446 g/mol. The molecule has 160 valence electrons. The molecule has 0 aliphatic rings. The van der Waals surface area contributed by atoms with E-state index in [0.29, 0.717) is 21.8 Å². The molecule has 0 saturated heterocycles. The molecule has 0 saturated carbocycles. The number of fused-ring (bicyclic) bond motifs is 1. The largest absolute Gasteiger partial charge is 0.481 e. The molecular weight excluding hydrogens is 426 g/mol.